The van der Waals surface area contributed by atoms with Crippen molar-refractivity contribution in [2.45, 2.75) is 50.7 Å². The van der Waals surface area contributed by atoms with E-state index in [1.165, 1.54) is 12.1 Å². The van der Waals surface area contributed by atoms with Crippen LogP contribution in [0.3, 0.4) is 0 Å². The first-order valence-corrected chi connectivity index (χ1v) is 14.0. The average Bonchev–Trinajstić information content (AvgIpc) is 3.33. The van der Waals surface area contributed by atoms with Crippen molar-refractivity contribution in [2.24, 2.45) is 0 Å². The summed E-state index contributed by atoms with van der Waals surface area (Å²) in [5, 5.41) is 10.2. The number of aromatic nitrogens is 3. The molecule has 1 N–H and O–H groups in total. The van der Waals surface area contributed by atoms with Crippen LogP contribution in [0.15, 0.2) is 91.3 Å². The maximum atomic E-state index is 12.7. The molecule has 42 heavy (non-hydrogen) atoms. The van der Waals surface area contributed by atoms with Gasteiger partial charge >= 0.3 is 6.36 Å². The molecule has 9 heteroatoms. The molecule has 0 atom stereocenters. The van der Waals surface area contributed by atoms with Crippen LogP contribution in [0.25, 0.3) is 33.4 Å². The highest BCUT2D eigenvalue weighted by Crippen LogP contribution is 2.40. The molecule has 0 amide bonds. The number of halogens is 3. The molecule has 3 aromatic carbocycles. The number of hydrogen-bond acceptors (Lipinski definition) is 4. The second-order valence-corrected chi connectivity index (χ2v) is 10.6. The maximum Gasteiger partial charge on any atom is 0.573 e. The van der Waals surface area contributed by atoms with Gasteiger partial charge in [0.25, 0.3) is 0 Å². The van der Waals surface area contributed by atoms with Gasteiger partial charge in [-0.3, -0.25) is 5.41 Å². The third kappa shape index (κ3) is 5.56. The third-order valence-electron chi connectivity index (χ3n) is 8.01. The number of hydrogen-bond donors (Lipinski definition) is 1. The molecular formula is C33H31F3N4O2. The number of alkyl halides is 3. The molecule has 0 unspecified atom stereocenters. The van der Waals surface area contributed by atoms with Gasteiger partial charge in [0, 0.05) is 25.3 Å². The van der Waals surface area contributed by atoms with E-state index in [-0.39, 0.29) is 17.9 Å². The highest BCUT2D eigenvalue weighted by atomic mass is 19.4. The van der Waals surface area contributed by atoms with E-state index in [0.717, 1.165) is 59.0 Å². The molecule has 6 nitrogen and oxygen atoms in total. The fourth-order valence-corrected chi connectivity index (χ4v) is 6.02. The SMILES string of the molecule is COC1CCC(n2cnc3c(c(-c4ccccc4)c(-c4ccccc4)n3Cc3ccc(OC(F)(F)F)cc3)c2=N)CC1. The van der Waals surface area contributed by atoms with E-state index in [1.807, 2.05) is 65.2 Å². The Labute approximate surface area is 241 Å². The van der Waals surface area contributed by atoms with Crippen molar-refractivity contribution in [3.05, 3.63) is 102 Å². The average molecular weight is 573 g/mol. The van der Waals surface area contributed by atoms with Gasteiger partial charge in [-0.15, -0.1) is 13.2 Å². The molecule has 6 rings (SSSR count). The molecule has 2 heterocycles. The van der Waals surface area contributed by atoms with Gasteiger partial charge in [0.15, 0.2) is 0 Å². The molecule has 1 aliphatic rings. The van der Waals surface area contributed by atoms with Crippen molar-refractivity contribution in [1.82, 2.24) is 14.1 Å². The molecule has 0 bridgehead atoms. The van der Waals surface area contributed by atoms with Gasteiger partial charge in [0.05, 0.1) is 23.5 Å². The zero-order valence-corrected chi connectivity index (χ0v) is 23.1. The summed E-state index contributed by atoms with van der Waals surface area (Å²) in [5.74, 6) is -0.271. The fourth-order valence-electron chi connectivity index (χ4n) is 6.02. The molecule has 0 radical (unpaired) electrons. The first kappa shape index (κ1) is 27.8. The number of rotatable bonds is 7. The van der Waals surface area contributed by atoms with E-state index in [4.69, 9.17) is 9.72 Å². The zero-order valence-electron chi connectivity index (χ0n) is 23.1. The van der Waals surface area contributed by atoms with Gasteiger partial charge in [0.2, 0.25) is 0 Å². The number of methoxy groups -OCH3 is 1. The van der Waals surface area contributed by atoms with Gasteiger partial charge in [0.1, 0.15) is 16.9 Å². The van der Waals surface area contributed by atoms with Crippen molar-refractivity contribution < 1.29 is 22.6 Å². The van der Waals surface area contributed by atoms with Crippen LogP contribution in [-0.4, -0.2) is 33.7 Å². The predicted octanol–water partition coefficient (Wildman–Crippen LogP) is 7.73. The van der Waals surface area contributed by atoms with Crippen LogP contribution in [0, 0.1) is 5.41 Å². The van der Waals surface area contributed by atoms with E-state index in [9.17, 15) is 18.6 Å². The van der Waals surface area contributed by atoms with Crippen LogP contribution in [0.1, 0.15) is 37.3 Å². The van der Waals surface area contributed by atoms with Gasteiger partial charge in [-0.05, 0) is 54.5 Å². The molecule has 0 saturated heterocycles. The highest BCUT2D eigenvalue weighted by Gasteiger charge is 2.31. The topological polar surface area (TPSA) is 65.1 Å². The number of ether oxygens (including phenoxy) is 2. The molecule has 1 fully saturated rings. The molecule has 0 aliphatic heterocycles. The van der Waals surface area contributed by atoms with Crippen molar-refractivity contribution >= 4 is 11.0 Å². The van der Waals surface area contributed by atoms with Crippen molar-refractivity contribution in [2.75, 3.05) is 7.11 Å². The summed E-state index contributed by atoms with van der Waals surface area (Å²) < 4.78 is 52.0. The third-order valence-corrected chi connectivity index (χ3v) is 8.01. The summed E-state index contributed by atoms with van der Waals surface area (Å²) in [6.45, 7) is 0.343. The normalized spacial score (nSPS) is 17.4. The summed E-state index contributed by atoms with van der Waals surface area (Å²) >= 11 is 0. The Hall–Kier alpha value is -4.37. The molecule has 5 aromatic rings. The van der Waals surface area contributed by atoms with Crippen molar-refractivity contribution in [3.8, 4) is 28.1 Å². The summed E-state index contributed by atoms with van der Waals surface area (Å²) in [6.07, 6.45) is 0.927. The number of nitrogens with zero attached hydrogens (tertiary/aromatic N) is 3. The Morgan fingerprint density at radius 1 is 0.857 bits per heavy atom. The van der Waals surface area contributed by atoms with E-state index in [0.29, 0.717) is 17.7 Å². The van der Waals surface area contributed by atoms with Crippen LogP contribution in [-0.2, 0) is 11.3 Å². The van der Waals surface area contributed by atoms with E-state index in [2.05, 4.69) is 9.30 Å². The van der Waals surface area contributed by atoms with Crippen molar-refractivity contribution in [3.63, 3.8) is 0 Å². The van der Waals surface area contributed by atoms with Gasteiger partial charge < -0.3 is 18.6 Å². The largest absolute Gasteiger partial charge is 0.573 e. The summed E-state index contributed by atoms with van der Waals surface area (Å²) in [4.78, 5) is 4.95. The molecular weight excluding hydrogens is 541 g/mol. The lowest BCUT2D eigenvalue weighted by Gasteiger charge is -2.29. The Kier molecular flexibility index (Phi) is 7.60. The van der Waals surface area contributed by atoms with Crippen LogP contribution in [0.4, 0.5) is 13.2 Å². The Bertz CT molecular complexity index is 1720. The minimum Gasteiger partial charge on any atom is -0.406 e. The van der Waals surface area contributed by atoms with Crippen LogP contribution < -0.4 is 10.2 Å². The number of fused-ring (bicyclic) bond motifs is 1. The number of benzene rings is 3. The Balaban J connectivity index is 1.54. The van der Waals surface area contributed by atoms with E-state index < -0.39 is 6.36 Å². The molecule has 0 spiro atoms. The predicted molar refractivity (Wildman–Crippen MR) is 155 cm³/mol. The van der Waals surface area contributed by atoms with Crippen LogP contribution in [0.2, 0.25) is 0 Å². The van der Waals surface area contributed by atoms with E-state index in [1.54, 1.807) is 25.6 Å². The minimum atomic E-state index is -4.75. The minimum absolute atomic E-state index is 0.147. The molecule has 1 aliphatic carbocycles. The molecule has 2 aromatic heterocycles. The standard InChI is InChI=1S/C33H31F3N4O2/c1-41-26-18-14-25(15-19-26)40-21-38-32-29(31(40)37)28(23-8-4-2-5-9-23)30(24-10-6-3-7-11-24)39(32)20-22-12-16-27(17-13-22)42-33(34,35)36/h2-13,16-17,21,25-26,37H,14-15,18-20H2,1H3. The Morgan fingerprint density at radius 3 is 2.07 bits per heavy atom. The summed E-state index contributed by atoms with van der Waals surface area (Å²) in [6, 6.07) is 26.0. The first-order chi connectivity index (χ1) is 20.3. The van der Waals surface area contributed by atoms with Crippen LogP contribution in [0.5, 0.6) is 5.75 Å². The summed E-state index contributed by atoms with van der Waals surface area (Å²) in [7, 11) is 1.75. The first-order valence-electron chi connectivity index (χ1n) is 14.0. The summed E-state index contributed by atoms with van der Waals surface area (Å²) in [5.41, 5.74) is 5.55. The van der Waals surface area contributed by atoms with Crippen LogP contribution >= 0.6 is 0 Å². The van der Waals surface area contributed by atoms with Gasteiger partial charge in [-0.2, -0.15) is 0 Å². The highest BCUT2D eigenvalue weighted by molar-refractivity contribution is 6.02. The van der Waals surface area contributed by atoms with Gasteiger partial charge in [-0.25, -0.2) is 4.98 Å². The Morgan fingerprint density at radius 2 is 1.48 bits per heavy atom. The van der Waals surface area contributed by atoms with Gasteiger partial charge in [-0.1, -0.05) is 72.8 Å². The zero-order chi connectivity index (χ0) is 29.3. The molecule has 1 saturated carbocycles. The number of nitrogens with one attached hydrogen (secondary N) is 1. The lowest BCUT2D eigenvalue weighted by atomic mass is 9.92. The lowest BCUT2D eigenvalue weighted by Crippen LogP contribution is -2.30. The quantitative estimate of drug-likeness (QED) is 0.217. The second kappa shape index (κ2) is 11.5. The van der Waals surface area contributed by atoms with Crippen molar-refractivity contribution in [1.29, 1.82) is 5.41 Å². The molecule has 216 valence electrons. The van der Waals surface area contributed by atoms with E-state index >= 15 is 0 Å². The maximum absolute atomic E-state index is 12.7. The second-order valence-electron chi connectivity index (χ2n) is 10.6. The lowest BCUT2D eigenvalue weighted by molar-refractivity contribution is -0.274. The monoisotopic (exact) mass is 572 g/mol. The smallest absolute Gasteiger partial charge is 0.406 e. The fraction of sp³-hybridized carbons (Fsp3) is 0.273.